The number of pyridine rings is 2. The van der Waals surface area contributed by atoms with E-state index < -0.39 is 0 Å². The largest absolute Gasteiger partial charge is 0.437 e. The van der Waals surface area contributed by atoms with Crippen LogP contribution in [-0.4, -0.2) is 20.3 Å². The van der Waals surface area contributed by atoms with Gasteiger partial charge in [0.2, 0.25) is 5.88 Å². The van der Waals surface area contributed by atoms with Gasteiger partial charge in [0.1, 0.15) is 5.15 Å². The van der Waals surface area contributed by atoms with E-state index in [4.69, 9.17) is 25.4 Å². The third kappa shape index (κ3) is 4.41. The summed E-state index contributed by atoms with van der Waals surface area (Å²) in [6, 6.07) is 7.17. The number of ether oxygens (including phenoxy) is 1. The Bertz CT molecular complexity index is 1210. The predicted molar refractivity (Wildman–Crippen MR) is 113 cm³/mol. The van der Waals surface area contributed by atoms with Crippen molar-refractivity contribution in [1.29, 1.82) is 0 Å². The molecule has 0 aliphatic rings. The SMILES string of the molecule is CCc1cc(/C=C/c2cncc(Oc3cc(-c4cc(C)no4)cc(Cl)n3)c2C)on1. The first-order valence-electron chi connectivity index (χ1n) is 9.39. The number of hydrogen-bond acceptors (Lipinski definition) is 7. The van der Waals surface area contributed by atoms with Crippen LogP contribution in [0.25, 0.3) is 23.5 Å². The van der Waals surface area contributed by atoms with E-state index >= 15 is 0 Å². The highest BCUT2D eigenvalue weighted by Gasteiger charge is 2.12. The van der Waals surface area contributed by atoms with Crippen LogP contribution in [0, 0.1) is 13.8 Å². The molecule has 7 nitrogen and oxygen atoms in total. The first-order chi connectivity index (χ1) is 14.5. The molecular weight excluding hydrogens is 404 g/mol. The molecular formula is C22H19ClN4O3. The van der Waals surface area contributed by atoms with Crippen LogP contribution >= 0.6 is 11.6 Å². The molecule has 0 unspecified atom stereocenters. The van der Waals surface area contributed by atoms with Gasteiger partial charge in [0.05, 0.1) is 17.6 Å². The van der Waals surface area contributed by atoms with Crippen LogP contribution in [-0.2, 0) is 6.42 Å². The Morgan fingerprint density at radius 3 is 2.63 bits per heavy atom. The van der Waals surface area contributed by atoms with Crippen molar-refractivity contribution in [2.75, 3.05) is 0 Å². The zero-order valence-electron chi connectivity index (χ0n) is 16.7. The van der Waals surface area contributed by atoms with Crippen molar-refractivity contribution in [3.8, 4) is 23.0 Å². The fourth-order valence-electron chi connectivity index (χ4n) is 2.82. The summed E-state index contributed by atoms with van der Waals surface area (Å²) < 4.78 is 16.6. The monoisotopic (exact) mass is 422 g/mol. The number of nitrogens with zero attached hydrogens (tertiary/aromatic N) is 4. The van der Waals surface area contributed by atoms with Gasteiger partial charge < -0.3 is 13.8 Å². The molecule has 0 aromatic carbocycles. The number of halogens is 1. The zero-order chi connectivity index (χ0) is 21.1. The molecule has 0 aliphatic carbocycles. The Morgan fingerprint density at radius 2 is 1.90 bits per heavy atom. The van der Waals surface area contributed by atoms with Crippen LogP contribution in [0.3, 0.4) is 0 Å². The maximum atomic E-state index is 6.18. The van der Waals surface area contributed by atoms with Gasteiger partial charge in [0, 0.05) is 35.5 Å². The van der Waals surface area contributed by atoms with Gasteiger partial charge in [-0.3, -0.25) is 4.98 Å². The van der Waals surface area contributed by atoms with Gasteiger partial charge in [-0.15, -0.1) is 0 Å². The van der Waals surface area contributed by atoms with Crippen molar-refractivity contribution in [3.63, 3.8) is 0 Å². The van der Waals surface area contributed by atoms with Crippen molar-refractivity contribution >= 4 is 23.8 Å². The lowest BCUT2D eigenvalue weighted by Crippen LogP contribution is -1.94. The normalized spacial score (nSPS) is 11.3. The summed E-state index contributed by atoms with van der Waals surface area (Å²) in [5.41, 5.74) is 4.19. The molecule has 0 saturated heterocycles. The Hall–Kier alpha value is -3.45. The minimum Gasteiger partial charge on any atom is -0.437 e. The van der Waals surface area contributed by atoms with E-state index in [-0.39, 0.29) is 5.15 Å². The Kier molecular flexibility index (Phi) is 5.63. The second-order valence-electron chi connectivity index (χ2n) is 6.71. The second kappa shape index (κ2) is 8.51. The van der Waals surface area contributed by atoms with Crippen molar-refractivity contribution < 1.29 is 13.8 Å². The predicted octanol–water partition coefficient (Wildman–Crippen LogP) is 5.91. The highest BCUT2D eigenvalue weighted by molar-refractivity contribution is 6.29. The minimum absolute atomic E-state index is 0.287. The van der Waals surface area contributed by atoms with Crippen molar-refractivity contribution in [2.24, 2.45) is 0 Å². The zero-order valence-corrected chi connectivity index (χ0v) is 17.5. The molecule has 152 valence electrons. The number of hydrogen-bond donors (Lipinski definition) is 0. The third-order valence-electron chi connectivity index (χ3n) is 4.47. The lowest BCUT2D eigenvalue weighted by Gasteiger charge is -2.10. The minimum atomic E-state index is 0.287. The van der Waals surface area contributed by atoms with Gasteiger partial charge in [-0.25, -0.2) is 4.98 Å². The van der Waals surface area contributed by atoms with Gasteiger partial charge in [0.25, 0.3) is 0 Å². The molecule has 30 heavy (non-hydrogen) atoms. The first-order valence-corrected chi connectivity index (χ1v) is 9.77. The molecule has 4 rings (SSSR count). The average Bonchev–Trinajstić information content (AvgIpc) is 3.37. The van der Waals surface area contributed by atoms with Crippen LogP contribution in [0.4, 0.5) is 0 Å². The summed E-state index contributed by atoms with van der Waals surface area (Å²) in [4.78, 5) is 8.52. The molecule has 0 bridgehead atoms. The summed E-state index contributed by atoms with van der Waals surface area (Å²) in [6.45, 7) is 5.82. The van der Waals surface area contributed by atoms with E-state index in [0.29, 0.717) is 23.1 Å². The smallest absolute Gasteiger partial charge is 0.221 e. The van der Waals surface area contributed by atoms with Crippen molar-refractivity contribution in [3.05, 3.63) is 70.1 Å². The van der Waals surface area contributed by atoms with Crippen LogP contribution in [0.1, 0.15) is 35.2 Å². The lowest BCUT2D eigenvalue weighted by atomic mass is 10.1. The van der Waals surface area contributed by atoms with Gasteiger partial charge in [-0.05, 0) is 44.1 Å². The molecule has 0 spiro atoms. The topological polar surface area (TPSA) is 87.1 Å². The Morgan fingerprint density at radius 1 is 1.03 bits per heavy atom. The molecule has 4 aromatic heterocycles. The third-order valence-corrected chi connectivity index (χ3v) is 4.67. The van der Waals surface area contributed by atoms with Gasteiger partial charge >= 0.3 is 0 Å². The van der Waals surface area contributed by atoms with Crippen LogP contribution in [0.2, 0.25) is 5.15 Å². The van der Waals surface area contributed by atoms with Crippen LogP contribution in [0.5, 0.6) is 11.6 Å². The molecule has 0 N–H and O–H groups in total. The van der Waals surface area contributed by atoms with E-state index in [2.05, 4.69) is 20.3 Å². The summed E-state index contributed by atoms with van der Waals surface area (Å²) in [6.07, 6.45) is 7.97. The molecule has 8 heteroatoms. The second-order valence-corrected chi connectivity index (χ2v) is 7.10. The number of aromatic nitrogens is 4. The van der Waals surface area contributed by atoms with E-state index in [1.807, 2.05) is 45.1 Å². The molecule has 4 heterocycles. The van der Waals surface area contributed by atoms with Crippen LogP contribution < -0.4 is 4.74 Å². The van der Waals surface area contributed by atoms with Gasteiger partial charge in [-0.2, -0.15) is 0 Å². The Labute approximate surface area is 178 Å². The fraction of sp³-hybridized carbons (Fsp3) is 0.182. The summed E-state index contributed by atoms with van der Waals surface area (Å²) in [7, 11) is 0. The average molecular weight is 423 g/mol. The highest BCUT2D eigenvalue weighted by Crippen LogP contribution is 2.31. The first kappa shape index (κ1) is 19.8. The molecule has 0 atom stereocenters. The Balaban J connectivity index is 1.59. The quantitative estimate of drug-likeness (QED) is 0.356. The summed E-state index contributed by atoms with van der Waals surface area (Å²) in [5, 5.41) is 8.18. The fourth-order valence-corrected chi connectivity index (χ4v) is 3.02. The van der Waals surface area contributed by atoms with E-state index in [1.165, 1.54) is 0 Å². The maximum Gasteiger partial charge on any atom is 0.221 e. The van der Waals surface area contributed by atoms with E-state index in [9.17, 15) is 0 Å². The lowest BCUT2D eigenvalue weighted by molar-refractivity contribution is 0.406. The van der Waals surface area contributed by atoms with Crippen molar-refractivity contribution in [1.82, 2.24) is 20.3 Å². The van der Waals surface area contributed by atoms with E-state index in [1.54, 1.807) is 24.5 Å². The molecule has 0 saturated carbocycles. The summed E-state index contributed by atoms with van der Waals surface area (Å²) in [5.74, 6) is 2.17. The number of rotatable bonds is 6. The van der Waals surface area contributed by atoms with Gasteiger partial charge in [0.15, 0.2) is 17.3 Å². The van der Waals surface area contributed by atoms with E-state index in [0.717, 1.165) is 34.5 Å². The molecule has 4 aromatic rings. The number of aryl methyl sites for hydroxylation is 2. The molecule has 0 fully saturated rings. The summed E-state index contributed by atoms with van der Waals surface area (Å²) >= 11 is 6.18. The molecule has 0 radical (unpaired) electrons. The standard InChI is InChI=1S/C22H19ClN4O3/c1-4-17-10-18(29-27-17)6-5-15-11-24-12-20(14(15)3)28-22-9-16(8-21(23)25-22)19-7-13(2)26-30-19/h5-12H,4H2,1-3H3/b6-5+. The van der Waals surface area contributed by atoms with Crippen molar-refractivity contribution in [2.45, 2.75) is 27.2 Å². The maximum absolute atomic E-state index is 6.18. The van der Waals surface area contributed by atoms with Crippen LogP contribution in [0.15, 0.2) is 45.7 Å². The highest BCUT2D eigenvalue weighted by atomic mass is 35.5. The molecule has 0 amide bonds. The van der Waals surface area contributed by atoms with Gasteiger partial charge in [-0.1, -0.05) is 28.8 Å². The molecule has 0 aliphatic heterocycles.